The van der Waals surface area contributed by atoms with Crippen LogP contribution < -0.4 is 4.87 Å². The lowest BCUT2D eigenvalue weighted by Gasteiger charge is -2.40. The number of hydrogen-bond acceptors (Lipinski definition) is 5. The van der Waals surface area contributed by atoms with E-state index in [0.717, 1.165) is 26.8 Å². The number of carbonyl (C=O) groups is 1. The molecule has 0 N–H and O–H groups in total. The van der Waals surface area contributed by atoms with Crippen LogP contribution in [0.25, 0.3) is 0 Å². The highest BCUT2D eigenvalue weighted by molar-refractivity contribution is 8.00. The van der Waals surface area contributed by atoms with Gasteiger partial charge in [0.05, 0.1) is 18.2 Å². The summed E-state index contributed by atoms with van der Waals surface area (Å²) in [5, 5.41) is 2.30. The molecule has 164 valence electrons. The van der Waals surface area contributed by atoms with Crippen molar-refractivity contribution in [3.05, 3.63) is 49.4 Å². The molecule has 2 aromatic rings. The zero-order valence-corrected chi connectivity index (χ0v) is 19.6. The van der Waals surface area contributed by atoms with E-state index in [9.17, 15) is 9.59 Å². The van der Waals surface area contributed by atoms with Gasteiger partial charge in [0.1, 0.15) is 6.54 Å². The average molecular weight is 477 g/mol. The topological polar surface area (TPSA) is 51.5 Å². The van der Waals surface area contributed by atoms with Crippen molar-refractivity contribution < 1.29 is 9.53 Å². The second kappa shape index (κ2) is 7.94. The molecule has 2 saturated carbocycles. The fraction of sp³-hybridized carbons (Fsp3) is 0.565. The number of benzene rings is 1. The zero-order chi connectivity index (χ0) is 21.1. The van der Waals surface area contributed by atoms with Crippen molar-refractivity contribution in [3.8, 4) is 0 Å². The fourth-order valence-corrected chi connectivity index (χ4v) is 9.46. The van der Waals surface area contributed by atoms with Crippen LogP contribution in [-0.2, 0) is 16.1 Å². The molecule has 3 heterocycles. The summed E-state index contributed by atoms with van der Waals surface area (Å²) in [6.45, 7) is 2.49. The number of rotatable bonds is 3. The van der Waals surface area contributed by atoms with Crippen LogP contribution in [0, 0.1) is 17.8 Å². The Hall–Kier alpha value is -1.28. The summed E-state index contributed by atoms with van der Waals surface area (Å²) in [6, 6.07) is 8.18. The van der Waals surface area contributed by atoms with Crippen LogP contribution >= 0.6 is 34.7 Å². The lowest BCUT2D eigenvalue weighted by Crippen LogP contribution is -2.43. The molecule has 6 rings (SSSR count). The van der Waals surface area contributed by atoms with Gasteiger partial charge in [-0.15, -0.1) is 11.8 Å². The molecule has 0 radical (unpaired) electrons. The summed E-state index contributed by atoms with van der Waals surface area (Å²) in [5.74, 6) is 2.27. The molecule has 1 amide bonds. The predicted octanol–water partition coefficient (Wildman–Crippen LogP) is 4.07. The Morgan fingerprint density at radius 1 is 1.13 bits per heavy atom. The molecule has 3 fully saturated rings. The van der Waals surface area contributed by atoms with Gasteiger partial charge in [0, 0.05) is 34.2 Å². The van der Waals surface area contributed by atoms with Gasteiger partial charge >= 0.3 is 4.87 Å². The summed E-state index contributed by atoms with van der Waals surface area (Å²) in [6.07, 6.45) is 3.90. The number of nitrogens with zero attached hydrogens (tertiary/aromatic N) is 2. The summed E-state index contributed by atoms with van der Waals surface area (Å²) in [7, 11) is 0. The molecule has 2 bridgehead atoms. The number of thiazole rings is 1. The number of fused-ring (bicyclic) bond motifs is 6. The highest BCUT2D eigenvalue weighted by atomic mass is 35.5. The van der Waals surface area contributed by atoms with E-state index >= 15 is 0 Å². The van der Waals surface area contributed by atoms with Gasteiger partial charge in [-0.25, -0.2) is 0 Å². The second-order valence-corrected chi connectivity index (χ2v) is 11.7. The smallest absolute Gasteiger partial charge is 0.308 e. The average Bonchev–Trinajstić information content (AvgIpc) is 3.48. The molecule has 4 aliphatic rings. The van der Waals surface area contributed by atoms with Gasteiger partial charge in [0.15, 0.2) is 0 Å². The Kier molecular flexibility index (Phi) is 5.21. The van der Waals surface area contributed by atoms with Crippen LogP contribution in [0.2, 0.25) is 5.02 Å². The Morgan fingerprint density at radius 3 is 2.65 bits per heavy atom. The van der Waals surface area contributed by atoms with Gasteiger partial charge < -0.3 is 9.64 Å². The Morgan fingerprint density at radius 2 is 1.87 bits per heavy atom. The molecule has 5 nitrogen and oxygen atoms in total. The minimum absolute atomic E-state index is 0.00890. The van der Waals surface area contributed by atoms with E-state index in [1.807, 2.05) is 28.8 Å². The molecule has 2 aliphatic carbocycles. The molecule has 2 aliphatic heterocycles. The maximum absolute atomic E-state index is 13.1. The number of amides is 1. The summed E-state index contributed by atoms with van der Waals surface area (Å²) in [4.78, 5) is 29.0. The third kappa shape index (κ3) is 3.39. The van der Waals surface area contributed by atoms with E-state index in [-0.39, 0.29) is 23.2 Å². The predicted molar refractivity (Wildman–Crippen MR) is 123 cm³/mol. The quantitative estimate of drug-likeness (QED) is 0.670. The van der Waals surface area contributed by atoms with Crippen molar-refractivity contribution in [1.82, 2.24) is 9.47 Å². The largest absolute Gasteiger partial charge is 0.378 e. The van der Waals surface area contributed by atoms with Gasteiger partial charge in [0.25, 0.3) is 0 Å². The highest BCUT2D eigenvalue weighted by Crippen LogP contribution is 2.64. The van der Waals surface area contributed by atoms with Crippen LogP contribution in [0.5, 0.6) is 0 Å². The van der Waals surface area contributed by atoms with E-state index in [1.165, 1.54) is 36.2 Å². The van der Waals surface area contributed by atoms with E-state index in [4.69, 9.17) is 16.3 Å². The molecular weight excluding hydrogens is 452 g/mol. The number of carbonyl (C=O) groups excluding carboxylic acids is 1. The maximum atomic E-state index is 13.1. The normalized spacial score (nSPS) is 31.5. The van der Waals surface area contributed by atoms with Crippen molar-refractivity contribution in [2.75, 3.05) is 26.3 Å². The van der Waals surface area contributed by atoms with Crippen LogP contribution in [0.3, 0.4) is 0 Å². The lowest BCUT2D eigenvalue weighted by atomic mass is 9.75. The van der Waals surface area contributed by atoms with Gasteiger partial charge in [-0.2, -0.15) is 0 Å². The van der Waals surface area contributed by atoms with Crippen LogP contribution in [0.4, 0.5) is 0 Å². The van der Waals surface area contributed by atoms with Crippen molar-refractivity contribution in [2.24, 2.45) is 17.8 Å². The second-order valence-electron chi connectivity index (χ2n) is 9.14. The number of hydrogen-bond donors (Lipinski definition) is 0. The summed E-state index contributed by atoms with van der Waals surface area (Å²) < 4.78 is 7.13. The molecule has 5 atom stereocenters. The van der Waals surface area contributed by atoms with E-state index < -0.39 is 0 Å². The third-order valence-corrected chi connectivity index (χ3v) is 10.7. The summed E-state index contributed by atoms with van der Waals surface area (Å²) in [5.41, 5.74) is 1.25. The van der Waals surface area contributed by atoms with Crippen LogP contribution in [0.1, 0.15) is 35.6 Å². The molecule has 1 saturated heterocycles. The SMILES string of the molecule is O=C(Cn1c2c(sc1=O)[C@H](c1ccc(Cl)cc1)C1C3CCC(C3)C1S2)N1CCOCC1. The number of thioether (sulfide) groups is 1. The zero-order valence-electron chi connectivity index (χ0n) is 17.2. The van der Waals surface area contributed by atoms with Crippen LogP contribution in [-0.4, -0.2) is 46.9 Å². The first kappa shape index (κ1) is 20.3. The number of morpholine rings is 1. The first-order chi connectivity index (χ1) is 15.1. The molecule has 8 heteroatoms. The fourth-order valence-electron chi connectivity index (χ4n) is 6.18. The maximum Gasteiger partial charge on any atom is 0.308 e. The van der Waals surface area contributed by atoms with Crippen molar-refractivity contribution in [3.63, 3.8) is 0 Å². The van der Waals surface area contributed by atoms with Gasteiger partial charge in [-0.1, -0.05) is 35.1 Å². The highest BCUT2D eigenvalue weighted by Gasteiger charge is 2.55. The van der Waals surface area contributed by atoms with E-state index in [2.05, 4.69) is 12.1 Å². The van der Waals surface area contributed by atoms with Crippen molar-refractivity contribution in [1.29, 1.82) is 0 Å². The lowest BCUT2D eigenvalue weighted by molar-refractivity contribution is -0.136. The first-order valence-corrected chi connectivity index (χ1v) is 13.2. The standard InChI is InChI=1S/C23H25ClN2O3S2/c24-16-5-3-13(4-6-16)18-19-14-1-2-15(11-14)20(19)30-22-21(18)31-23(28)26(22)12-17(27)25-7-9-29-10-8-25/h3-6,14-15,18-20H,1-2,7-12H2/t14?,15?,18-,19?,20?/m1/s1. The number of aromatic nitrogens is 1. The first-order valence-electron chi connectivity index (χ1n) is 11.1. The third-order valence-electron chi connectivity index (χ3n) is 7.58. The van der Waals surface area contributed by atoms with Gasteiger partial charge in [0.2, 0.25) is 5.91 Å². The van der Waals surface area contributed by atoms with Crippen LogP contribution in [0.15, 0.2) is 34.1 Å². The Bertz CT molecular complexity index is 1060. The minimum atomic E-state index is -0.00890. The van der Waals surface area contributed by atoms with Crippen molar-refractivity contribution >= 4 is 40.6 Å². The number of halogens is 1. The monoisotopic (exact) mass is 476 g/mol. The number of ether oxygens (including phenoxy) is 1. The molecular formula is C23H25ClN2O3S2. The molecule has 4 unspecified atom stereocenters. The summed E-state index contributed by atoms with van der Waals surface area (Å²) >= 11 is 9.41. The Balaban J connectivity index is 1.40. The van der Waals surface area contributed by atoms with E-state index in [0.29, 0.717) is 37.5 Å². The van der Waals surface area contributed by atoms with Crippen molar-refractivity contribution in [2.45, 2.75) is 42.0 Å². The van der Waals surface area contributed by atoms with Gasteiger partial charge in [-0.3, -0.25) is 14.2 Å². The molecule has 1 aromatic heterocycles. The molecule has 31 heavy (non-hydrogen) atoms. The molecule has 1 aromatic carbocycles. The Labute approximate surface area is 194 Å². The van der Waals surface area contributed by atoms with Gasteiger partial charge in [-0.05, 0) is 54.7 Å². The molecule has 0 spiro atoms. The minimum Gasteiger partial charge on any atom is -0.378 e. The van der Waals surface area contributed by atoms with E-state index in [1.54, 1.807) is 4.57 Å².